The average molecular weight is 447 g/mol. The molecule has 0 saturated carbocycles. The van der Waals surface area contributed by atoms with Crippen molar-refractivity contribution in [2.75, 3.05) is 27.9 Å². The number of nitrogens with zero attached hydrogens (tertiary/aromatic N) is 4. The molecule has 2 aromatic heterocycles. The van der Waals surface area contributed by atoms with Gasteiger partial charge in [-0.3, -0.25) is 9.88 Å². The van der Waals surface area contributed by atoms with Gasteiger partial charge in [0.2, 0.25) is 11.6 Å². The highest BCUT2D eigenvalue weighted by molar-refractivity contribution is 5.92. The van der Waals surface area contributed by atoms with Crippen molar-refractivity contribution >= 4 is 10.8 Å². The molecule has 8 nitrogen and oxygen atoms in total. The second-order valence-electron chi connectivity index (χ2n) is 7.99. The maximum Gasteiger partial charge on any atom is 0.266 e. The molecular formula is C25H26N4O4. The van der Waals surface area contributed by atoms with Crippen LogP contribution in [-0.4, -0.2) is 48.0 Å². The number of hydrogen-bond acceptors (Lipinski definition) is 8. The van der Waals surface area contributed by atoms with Crippen LogP contribution < -0.4 is 14.2 Å². The van der Waals surface area contributed by atoms with E-state index in [4.69, 9.17) is 18.6 Å². The molecular weight excluding hydrogens is 420 g/mol. The Labute approximate surface area is 192 Å². The number of fused-ring (bicyclic) bond motifs is 1. The molecule has 0 amide bonds. The molecule has 0 aliphatic carbocycles. The summed E-state index contributed by atoms with van der Waals surface area (Å²) in [7, 11) is 4.86. The van der Waals surface area contributed by atoms with E-state index in [2.05, 4.69) is 20.1 Å². The van der Waals surface area contributed by atoms with Gasteiger partial charge in [0.15, 0.2) is 11.5 Å². The minimum atomic E-state index is 0.0420. The van der Waals surface area contributed by atoms with E-state index < -0.39 is 0 Å². The first-order valence-corrected chi connectivity index (χ1v) is 10.9. The van der Waals surface area contributed by atoms with E-state index in [9.17, 15) is 0 Å². The van der Waals surface area contributed by atoms with Gasteiger partial charge in [0.1, 0.15) is 5.69 Å². The van der Waals surface area contributed by atoms with Crippen molar-refractivity contribution in [1.82, 2.24) is 20.1 Å². The molecule has 33 heavy (non-hydrogen) atoms. The number of rotatable bonds is 7. The lowest BCUT2D eigenvalue weighted by Crippen LogP contribution is -2.23. The summed E-state index contributed by atoms with van der Waals surface area (Å²) < 4.78 is 22.6. The number of ether oxygens (including phenoxy) is 3. The van der Waals surface area contributed by atoms with E-state index >= 15 is 0 Å². The van der Waals surface area contributed by atoms with Gasteiger partial charge in [-0.25, -0.2) is 0 Å². The Bertz CT molecular complexity index is 1240. The van der Waals surface area contributed by atoms with Crippen molar-refractivity contribution in [3.05, 3.63) is 60.1 Å². The van der Waals surface area contributed by atoms with Crippen LogP contribution in [-0.2, 0) is 6.54 Å². The fraction of sp³-hybridized carbons (Fsp3) is 0.320. The van der Waals surface area contributed by atoms with Gasteiger partial charge >= 0.3 is 0 Å². The second-order valence-corrected chi connectivity index (χ2v) is 7.99. The molecule has 1 aliphatic rings. The molecule has 1 aliphatic heterocycles. The first-order valence-electron chi connectivity index (χ1n) is 10.9. The first-order chi connectivity index (χ1) is 16.2. The minimum absolute atomic E-state index is 0.0420. The molecule has 0 spiro atoms. The van der Waals surface area contributed by atoms with Crippen LogP contribution in [0.25, 0.3) is 22.4 Å². The highest BCUT2D eigenvalue weighted by Crippen LogP contribution is 2.40. The molecule has 1 fully saturated rings. The van der Waals surface area contributed by atoms with Gasteiger partial charge < -0.3 is 18.6 Å². The standard InChI is InChI=1S/C25H26N4O4/c1-30-20-13-16(14-21(31-2)23(20)32-3)15-29-12-6-9-19(29)24-27-28-25(33-24)22-18-8-5-4-7-17(18)10-11-26-22/h4-5,7-8,10-11,13-14,19H,6,9,12,15H2,1-3H3/t19-/m1/s1. The lowest BCUT2D eigenvalue weighted by Gasteiger charge is -2.22. The maximum absolute atomic E-state index is 6.16. The third-order valence-electron chi connectivity index (χ3n) is 6.08. The summed E-state index contributed by atoms with van der Waals surface area (Å²) in [5, 5.41) is 10.8. The molecule has 0 unspecified atom stereocenters. The normalized spacial score (nSPS) is 16.3. The van der Waals surface area contributed by atoms with Crippen LogP contribution in [0.2, 0.25) is 0 Å². The minimum Gasteiger partial charge on any atom is -0.493 e. The third-order valence-corrected chi connectivity index (χ3v) is 6.08. The Balaban J connectivity index is 1.42. The van der Waals surface area contributed by atoms with Gasteiger partial charge in [-0.1, -0.05) is 24.3 Å². The Morgan fingerprint density at radius 1 is 1.00 bits per heavy atom. The summed E-state index contributed by atoms with van der Waals surface area (Å²) in [5.41, 5.74) is 1.77. The van der Waals surface area contributed by atoms with Crippen LogP contribution in [0.5, 0.6) is 17.2 Å². The van der Waals surface area contributed by atoms with E-state index in [0.29, 0.717) is 41.3 Å². The van der Waals surface area contributed by atoms with E-state index in [-0.39, 0.29) is 6.04 Å². The van der Waals surface area contributed by atoms with E-state index in [0.717, 1.165) is 35.7 Å². The predicted octanol–water partition coefficient (Wildman–Crippen LogP) is 4.65. The zero-order valence-electron chi connectivity index (χ0n) is 18.9. The maximum atomic E-state index is 6.16. The quantitative estimate of drug-likeness (QED) is 0.406. The largest absolute Gasteiger partial charge is 0.493 e. The number of pyridine rings is 1. The Morgan fingerprint density at radius 3 is 2.55 bits per heavy atom. The molecule has 5 rings (SSSR count). The summed E-state index contributed by atoms with van der Waals surface area (Å²) >= 11 is 0. The number of methoxy groups -OCH3 is 3. The van der Waals surface area contributed by atoms with Gasteiger partial charge in [-0.05, 0) is 48.5 Å². The molecule has 2 aromatic carbocycles. The lowest BCUT2D eigenvalue weighted by atomic mass is 10.1. The summed E-state index contributed by atoms with van der Waals surface area (Å²) in [6, 6.07) is 14.0. The third kappa shape index (κ3) is 3.98. The SMILES string of the molecule is COc1cc(CN2CCC[C@@H]2c2nnc(-c3nccc4ccccc34)o2)cc(OC)c1OC. The van der Waals surface area contributed by atoms with Crippen LogP contribution in [0.1, 0.15) is 30.3 Å². The Morgan fingerprint density at radius 2 is 1.79 bits per heavy atom. The molecule has 0 radical (unpaired) electrons. The highest BCUT2D eigenvalue weighted by atomic mass is 16.5. The first kappa shape index (κ1) is 21.2. The molecule has 1 atom stereocenters. The average Bonchev–Trinajstić information content (AvgIpc) is 3.52. The van der Waals surface area contributed by atoms with Gasteiger partial charge in [-0.15, -0.1) is 10.2 Å². The second kappa shape index (κ2) is 9.07. The van der Waals surface area contributed by atoms with Gasteiger partial charge in [-0.2, -0.15) is 0 Å². The summed E-state index contributed by atoms with van der Waals surface area (Å²) in [4.78, 5) is 6.85. The number of hydrogen-bond donors (Lipinski definition) is 0. The smallest absolute Gasteiger partial charge is 0.266 e. The van der Waals surface area contributed by atoms with E-state index in [1.54, 1.807) is 27.5 Å². The van der Waals surface area contributed by atoms with E-state index in [1.807, 2.05) is 42.5 Å². The Hall–Kier alpha value is -3.65. The highest BCUT2D eigenvalue weighted by Gasteiger charge is 2.31. The monoisotopic (exact) mass is 446 g/mol. The van der Waals surface area contributed by atoms with Crippen LogP contribution in [0.4, 0.5) is 0 Å². The molecule has 8 heteroatoms. The Kier molecular flexibility index (Phi) is 5.83. The molecule has 4 aromatic rings. The number of benzene rings is 2. The summed E-state index contributed by atoms with van der Waals surface area (Å²) in [5.74, 6) is 2.94. The molecule has 1 saturated heterocycles. The molecule has 0 bridgehead atoms. The van der Waals surface area contributed by atoms with Gasteiger partial charge in [0.05, 0.1) is 27.4 Å². The van der Waals surface area contributed by atoms with Crippen molar-refractivity contribution in [2.24, 2.45) is 0 Å². The topological polar surface area (TPSA) is 82.7 Å². The van der Waals surface area contributed by atoms with Gasteiger partial charge in [0.25, 0.3) is 5.89 Å². The van der Waals surface area contributed by atoms with Crippen molar-refractivity contribution in [3.63, 3.8) is 0 Å². The van der Waals surface area contributed by atoms with Crippen LogP contribution in [0.15, 0.2) is 53.1 Å². The van der Waals surface area contributed by atoms with Crippen LogP contribution in [0, 0.1) is 0 Å². The van der Waals surface area contributed by atoms with Crippen LogP contribution >= 0.6 is 0 Å². The van der Waals surface area contributed by atoms with Crippen LogP contribution in [0.3, 0.4) is 0 Å². The van der Waals surface area contributed by atoms with Gasteiger partial charge in [0, 0.05) is 18.1 Å². The fourth-order valence-corrected chi connectivity index (χ4v) is 4.51. The summed E-state index contributed by atoms with van der Waals surface area (Å²) in [6.45, 7) is 1.64. The van der Waals surface area contributed by atoms with Crippen molar-refractivity contribution in [1.29, 1.82) is 0 Å². The zero-order chi connectivity index (χ0) is 22.8. The molecule has 0 N–H and O–H groups in total. The number of aromatic nitrogens is 3. The molecule has 170 valence electrons. The summed E-state index contributed by atoms with van der Waals surface area (Å²) in [6.07, 6.45) is 3.78. The van der Waals surface area contributed by atoms with Crippen molar-refractivity contribution < 1.29 is 18.6 Å². The lowest BCUT2D eigenvalue weighted by molar-refractivity contribution is 0.215. The predicted molar refractivity (Wildman–Crippen MR) is 124 cm³/mol. The van der Waals surface area contributed by atoms with E-state index in [1.165, 1.54) is 0 Å². The van der Waals surface area contributed by atoms with Crippen molar-refractivity contribution in [3.8, 4) is 28.8 Å². The molecule has 3 heterocycles. The number of likely N-dealkylation sites (tertiary alicyclic amines) is 1. The zero-order valence-corrected chi connectivity index (χ0v) is 18.9. The van der Waals surface area contributed by atoms with Crippen molar-refractivity contribution in [2.45, 2.75) is 25.4 Å². The fourth-order valence-electron chi connectivity index (χ4n) is 4.51.